The highest BCUT2D eigenvalue weighted by molar-refractivity contribution is 5.89. The molecule has 8 nitrogen and oxygen atoms in total. The zero-order valence-electron chi connectivity index (χ0n) is 11.2. The zero-order chi connectivity index (χ0) is 14.8. The summed E-state index contributed by atoms with van der Waals surface area (Å²) in [6.45, 7) is 2.46. The second-order valence-corrected chi connectivity index (χ2v) is 3.93. The number of hydrogen-bond acceptors (Lipinski definition) is 5. The molecule has 1 rings (SSSR count). The third-order valence-corrected chi connectivity index (χ3v) is 2.41. The summed E-state index contributed by atoms with van der Waals surface area (Å²) in [5.74, 6) is 0. The molecule has 8 heteroatoms. The number of hydrogen-bond donors (Lipinski definition) is 3. The van der Waals surface area contributed by atoms with Crippen LogP contribution in [0.3, 0.4) is 0 Å². The number of carbonyl (C=O) groups is 1. The van der Waals surface area contributed by atoms with Gasteiger partial charge in [-0.1, -0.05) is 0 Å². The van der Waals surface area contributed by atoms with E-state index in [2.05, 4.69) is 16.0 Å². The minimum atomic E-state index is -0.491. The van der Waals surface area contributed by atoms with Crippen LogP contribution in [0.15, 0.2) is 24.3 Å². The van der Waals surface area contributed by atoms with E-state index >= 15 is 0 Å². The van der Waals surface area contributed by atoms with Crippen molar-refractivity contribution in [2.75, 3.05) is 38.7 Å². The predicted octanol–water partition coefficient (Wildman–Crippen LogP) is 0.952. The van der Waals surface area contributed by atoms with Crippen molar-refractivity contribution in [3.63, 3.8) is 0 Å². The molecule has 1 aromatic rings. The fourth-order valence-electron chi connectivity index (χ4n) is 1.41. The summed E-state index contributed by atoms with van der Waals surface area (Å²) in [4.78, 5) is 21.5. The van der Waals surface area contributed by atoms with E-state index in [-0.39, 0.29) is 11.7 Å². The van der Waals surface area contributed by atoms with Gasteiger partial charge >= 0.3 is 6.03 Å². The molecule has 20 heavy (non-hydrogen) atoms. The van der Waals surface area contributed by atoms with E-state index < -0.39 is 4.92 Å². The molecule has 0 aliphatic carbocycles. The summed E-state index contributed by atoms with van der Waals surface area (Å²) in [5, 5.41) is 18.8. The third kappa shape index (κ3) is 6.12. The highest BCUT2D eigenvalue weighted by atomic mass is 16.6. The number of rotatable bonds is 8. The summed E-state index contributed by atoms with van der Waals surface area (Å²) in [7, 11) is 1.62. The average molecular weight is 282 g/mol. The van der Waals surface area contributed by atoms with Crippen LogP contribution >= 0.6 is 0 Å². The molecule has 0 saturated carbocycles. The molecule has 0 heterocycles. The first kappa shape index (κ1) is 15.9. The zero-order valence-corrected chi connectivity index (χ0v) is 11.2. The second-order valence-electron chi connectivity index (χ2n) is 3.93. The number of nitro benzene ring substituents is 1. The SMILES string of the molecule is COCCNCCNC(=O)Nc1ccc([N+](=O)[O-])cc1. The Kier molecular flexibility index (Phi) is 7.01. The van der Waals surface area contributed by atoms with Gasteiger partial charge in [-0.2, -0.15) is 0 Å². The van der Waals surface area contributed by atoms with E-state index in [9.17, 15) is 14.9 Å². The van der Waals surface area contributed by atoms with Gasteiger partial charge in [0.1, 0.15) is 0 Å². The van der Waals surface area contributed by atoms with E-state index in [0.717, 1.165) is 6.54 Å². The van der Waals surface area contributed by atoms with Gasteiger partial charge < -0.3 is 20.7 Å². The number of nitrogens with zero attached hydrogens (tertiary/aromatic N) is 1. The maximum Gasteiger partial charge on any atom is 0.319 e. The Labute approximate surface area is 116 Å². The summed E-state index contributed by atoms with van der Waals surface area (Å²) in [6, 6.07) is 5.28. The topological polar surface area (TPSA) is 106 Å². The number of nitrogens with one attached hydrogen (secondary N) is 3. The van der Waals surface area contributed by atoms with Gasteiger partial charge in [0.2, 0.25) is 0 Å². The molecular formula is C12H18N4O4. The van der Waals surface area contributed by atoms with Crippen LogP contribution in [0.5, 0.6) is 0 Å². The largest absolute Gasteiger partial charge is 0.383 e. The van der Waals surface area contributed by atoms with Gasteiger partial charge in [0.05, 0.1) is 11.5 Å². The molecule has 0 radical (unpaired) electrons. The van der Waals surface area contributed by atoms with Crippen molar-refractivity contribution in [2.24, 2.45) is 0 Å². The highest BCUT2D eigenvalue weighted by Crippen LogP contribution is 2.14. The van der Waals surface area contributed by atoms with Gasteiger partial charge in [-0.3, -0.25) is 10.1 Å². The first-order valence-corrected chi connectivity index (χ1v) is 6.12. The van der Waals surface area contributed by atoms with Gasteiger partial charge in [-0.05, 0) is 12.1 Å². The van der Waals surface area contributed by atoms with Crippen LogP contribution in [-0.2, 0) is 4.74 Å². The van der Waals surface area contributed by atoms with Crippen LogP contribution in [0.1, 0.15) is 0 Å². The smallest absolute Gasteiger partial charge is 0.319 e. The van der Waals surface area contributed by atoms with Crippen molar-refractivity contribution in [2.45, 2.75) is 0 Å². The Morgan fingerprint density at radius 2 is 1.95 bits per heavy atom. The third-order valence-electron chi connectivity index (χ3n) is 2.41. The van der Waals surface area contributed by atoms with Gasteiger partial charge in [0.15, 0.2) is 0 Å². The predicted molar refractivity (Wildman–Crippen MR) is 74.9 cm³/mol. The highest BCUT2D eigenvalue weighted by Gasteiger charge is 2.05. The average Bonchev–Trinajstić information content (AvgIpc) is 2.43. The van der Waals surface area contributed by atoms with Crippen LogP contribution in [0.4, 0.5) is 16.2 Å². The van der Waals surface area contributed by atoms with Crippen molar-refractivity contribution >= 4 is 17.4 Å². The molecule has 0 fully saturated rings. The molecule has 0 bridgehead atoms. The summed E-state index contributed by atoms with van der Waals surface area (Å²) in [6.07, 6.45) is 0. The fourth-order valence-corrected chi connectivity index (χ4v) is 1.41. The van der Waals surface area contributed by atoms with Crippen LogP contribution < -0.4 is 16.0 Å². The minimum Gasteiger partial charge on any atom is -0.383 e. The van der Waals surface area contributed by atoms with E-state index in [1.807, 2.05) is 0 Å². The van der Waals surface area contributed by atoms with E-state index in [4.69, 9.17) is 4.74 Å². The molecule has 0 saturated heterocycles. The maximum atomic E-state index is 11.5. The van der Waals surface area contributed by atoms with Crippen molar-refractivity contribution in [1.29, 1.82) is 0 Å². The molecule has 2 amide bonds. The summed E-state index contributed by atoms with van der Waals surface area (Å²) < 4.78 is 4.86. The van der Waals surface area contributed by atoms with E-state index in [1.165, 1.54) is 24.3 Å². The summed E-state index contributed by atoms with van der Waals surface area (Å²) >= 11 is 0. The Bertz CT molecular complexity index is 436. The lowest BCUT2D eigenvalue weighted by atomic mass is 10.3. The lowest BCUT2D eigenvalue weighted by Gasteiger charge is -2.08. The number of carbonyl (C=O) groups excluding carboxylic acids is 1. The van der Waals surface area contributed by atoms with Crippen LogP contribution in [0.25, 0.3) is 0 Å². The number of benzene rings is 1. The monoisotopic (exact) mass is 282 g/mol. The van der Waals surface area contributed by atoms with Gasteiger partial charge in [-0.25, -0.2) is 4.79 Å². The Balaban J connectivity index is 2.23. The molecule has 0 aliphatic rings. The number of urea groups is 1. The van der Waals surface area contributed by atoms with Gasteiger partial charge in [0.25, 0.3) is 5.69 Å². The number of non-ortho nitro benzene ring substituents is 1. The van der Waals surface area contributed by atoms with Crippen LogP contribution in [0, 0.1) is 10.1 Å². The van der Waals surface area contributed by atoms with Crippen molar-refractivity contribution < 1.29 is 14.5 Å². The summed E-state index contributed by atoms with van der Waals surface area (Å²) in [5.41, 5.74) is 0.485. The molecule has 1 aromatic carbocycles. The Morgan fingerprint density at radius 3 is 2.55 bits per heavy atom. The lowest BCUT2D eigenvalue weighted by molar-refractivity contribution is -0.384. The Morgan fingerprint density at radius 1 is 1.25 bits per heavy atom. The maximum absolute atomic E-state index is 11.5. The first-order chi connectivity index (χ1) is 9.63. The molecule has 0 aromatic heterocycles. The molecule has 0 spiro atoms. The molecule has 0 aliphatic heterocycles. The number of anilines is 1. The first-order valence-electron chi connectivity index (χ1n) is 6.12. The van der Waals surface area contributed by atoms with Gasteiger partial charge in [-0.15, -0.1) is 0 Å². The number of ether oxygens (including phenoxy) is 1. The molecule has 0 unspecified atom stereocenters. The van der Waals surface area contributed by atoms with Gasteiger partial charge in [0, 0.05) is 44.6 Å². The van der Waals surface area contributed by atoms with Crippen molar-refractivity contribution in [3.8, 4) is 0 Å². The lowest BCUT2D eigenvalue weighted by Crippen LogP contribution is -2.35. The fraction of sp³-hybridized carbons (Fsp3) is 0.417. The van der Waals surface area contributed by atoms with Crippen LogP contribution in [-0.4, -0.2) is 44.3 Å². The quantitative estimate of drug-likeness (QED) is 0.374. The molecule has 110 valence electrons. The van der Waals surface area contributed by atoms with E-state index in [0.29, 0.717) is 25.4 Å². The number of amides is 2. The molecular weight excluding hydrogens is 264 g/mol. The second kappa shape index (κ2) is 8.83. The number of methoxy groups -OCH3 is 1. The normalized spacial score (nSPS) is 10.1. The van der Waals surface area contributed by atoms with E-state index in [1.54, 1.807) is 7.11 Å². The van der Waals surface area contributed by atoms with Crippen LogP contribution in [0.2, 0.25) is 0 Å². The number of nitro groups is 1. The standard InChI is InChI=1S/C12H18N4O4/c1-20-9-8-13-6-7-14-12(17)15-10-2-4-11(5-3-10)16(18)19/h2-5,13H,6-9H2,1H3,(H2,14,15,17). The van der Waals surface area contributed by atoms with Crippen molar-refractivity contribution in [1.82, 2.24) is 10.6 Å². The molecule has 0 atom stereocenters. The minimum absolute atomic E-state index is 0.0155. The molecule has 3 N–H and O–H groups in total. The Hall–Kier alpha value is -2.19. The van der Waals surface area contributed by atoms with Crippen molar-refractivity contribution in [3.05, 3.63) is 34.4 Å².